The number of rotatable bonds is 7. The number of furan rings is 1. The standard InChI is InChI=1S/C26H19FN4O2S/c27-19-13-15-20(16-14-19)28-25(32)23(18-8-3-1-4-9-18)34-26-30-29-24(22-12-7-17-33-22)31(26)21-10-5-2-6-11-21/h1-17,23H,(H,28,32). The Morgan fingerprint density at radius 1 is 0.882 bits per heavy atom. The number of nitrogens with one attached hydrogen (secondary N) is 1. The number of anilines is 1. The van der Waals surface area contributed by atoms with Crippen LogP contribution in [0.4, 0.5) is 10.1 Å². The first-order valence-corrected chi connectivity index (χ1v) is 11.4. The van der Waals surface area contributed by atoms with Gasteiger partial charge in [-0.1, -0.05) is 60.3 Å². The molecule has 5 aromatic rings. The van der Waals surface area contributed by atoms with Crippen LogP contribution in [0.25, 0.3) is 17.3 Å². The predicted octanol–water partition coefficient (Wildman–Crippen LogP) is 6.14. The van der Waals surface area contributed by atoms with Crippen LogP contribution in [0.3, 0.4) is 0 Å². The van der Waals surface area contributed by atoms with Gasteiger partial charge in [-0.15, -0.1) is 10.2 Å². The van der Waals surface area contributed by atoms with E-state index in [4.69, 9.17) is 4.42 Å². The fourth-order valence-corrected chi connectivity index (χ4v) is 4.52. The highest BCUT2D eigenvalue weighted by molar-refractivity contribution is 8.00. The zero-order valence-corrected chi connectivity index (χ0v) is 18.7. The first-order chi connectivity index (χ1) is 16.7. The quantitative estimate of drug-likeness (QED) is 0.289. The molecule has 34 heavy (non-hydrogen) atoms. The second-order valence-corrected chi connectivity index (χ2v) is 8.43. The van der Waals surface area contributed by atoms with Crippen molar-refractivity contribution >= 4 is 23.4 Å². The van der Waals surface area contributed by atoms with Crippen molar-refractivity contribution in [2.24, 2.45) is 0 Å². The third-order valence-corrected chi connectivity index (χ3v) is 6.26. The average molecular weight is 471 g/mol. The number of para-hydroxylation sites is 1. The highest BCUT2D eigenvalue weighted by atomic mass is 32.2. The van der Waals surface area contributed by atoms with Gasteiger partial charge in [-0.25, -0.2) is 4.39 Å². The molecule has 0 aliphatic carbocycles. The first-order valence-electron chi connectivity index (χ1n) is 10.5. The van der Waals surface area contributed by atoms with Gasteiger partial charge in [-0.05, 0) is 54.1 Å². The van der Waals surface area contributed by atoms with Gasteiger partial charge < -0.3 is 9.73 Å². The Bertz CT molecular complexity index is 1370. The van der Waals surface area contributed by atoms with Crippen molar-refractivity contribution < 1.29 is 13.6 Å². The van der Waals surface area contributed by atoms with Gasteiger partial charge in [0.15, 0.2) is 10.9 Å². The molecule has 3 aromatic carbocycles. The monoisotopic (exact) mass is 470 g/mol. The van der Waals surface area contributed by atoms with Crippen molar-refractivity contribution in [1.29, 1.82) is 0 Å². The highest BCUT2D eigenvalue weighted by Gasteiger charge is 2.27. The molecule has 5 rings (SSSR count). The summed E-state index contributed by atoms with van der Waals surface area (Å²) < 4.78 is 20.8. The Morgan fingerprint density at radius 2 is 1.59 bits per heavy atom. The molecule has 8 heteroatoms. The van der Waals surface area contributed by atoms with E-state index in [9.17, 15) is 9.18 Å². The van der Waals surface area contributed by atoms with E-state index in [0.29, 0.717) is 22.4 Å². The second-order valence-electron chi connectivity index (χ2n) is 7.36. The Morgan fingerprint density at radius 3 is 2.26 bits per heavy atom. The number of nitrogens with zero attached hydrogens (tertiary/aromatic N) is 3. The molecule has 0 aliphatic heterocycles. The highest BCUT2D eigenvalue weighted by Crippen LogP contribution is 2.38. The summed E-state index contributed by atoms with van der Waals surface area (Å²) in [6, 6.07) is 28.4. The second kappa shape index (κ2) is 9.76. The number of hydrogen-bond acceptors (Lipinski definition) is 5. The number of amides is 1. The van der Waals surface area contributed by atoms with Crippen molar-refractivity contribution in [3.05, 3.63) is 115 Å². The summed E-state index contributed by atoms with van der Waals surface area (Å²) in [7, 11) is 0. The van der Waals surface area contributed by atoms with Gasteiger partial charge in [0.2, 0.25) is 11.7 Å². The fourth-order valence-electron chi connectivity index (χ4n) is 3.47. The maximum Gasteiger partial charge on any atom is 0.242 e. The molecule has 0 saturated carbocycles. The maximum absolute atomic E-state index is 13.4. The van der Waals surface area contributed by atoms with Gasteiger partial charge in [0, 0.05) is 11.4 Å². The van der Waals surface area contributed by atoms with Crippen molar-refractivity contribution in [2.75, 3.05) is 5.32 Å². The molecule has 2 aromatic heterocycles. The lowest BCUT2D eigenvalue weighted by atomic mass is 10.1. The van der Waals surface area contributed by atoms with Crippen LogP contribution in [0.1, 0.15) is 10.8 Å². The molecular weight excluding hydrogens is 451 g/mol. The van der Waals surface area contributed by atoms with Gasteiger partial charge in [0.1, 0.15) is 11.1 Å². The molecule has 168 valence electrons. The molecule has 6 nitrogen and oxygen atoms in total. The SMILES string of the molecule is O=C(Nc1ccc(F)cc1)C(Sc1nnc(-c2ccco2)n1-c1ccccc1)c1ccccc1. The summed E-state index contributed by atoms with van der Waals surface area (Å²) in [4.78, 5) is 13.4. The van der Waals surface area contributed by atoms with E-state index in [-0.39, 0.29) is 11.7 Å². The molecule has 1 amide bonds. The molecule has 1 N–H and O–H groups in total. The number of thioether (sulfide) groups is 1. The van der Waals surface area contributed by atoms with E-state index in [1.807, 2.05) is 71.3 Å². The molecule has 0 radical (unpaired) electrons. The van der Waals surface area contributed by atoms with Crippen molar-refractivity contribution in [2.45, 2.75) is 10.4 Å². The lowest BCUT2D eigenvalue weighted by Gasteiger charge is -2.17. The smallest absolute Gasteiger partial charge is 0.242 e. The van der Waals surface area contributed by atoms with Gasteiger partial charge in [-0.3, -0.25) is 9.36 Å². The fraction of sp³-hybridized carbons (Fsp3) is 0.0385. The topological polar surface area (TPSA) is 73.0 Å². The van der Waals surface area contributed by atoms with E-state index < -0.39 is 5.25 Å². The third kappa shape index (κ3) is 4.62. The van der Waals surface area contributed by atoms with Crippen LogP contribution in [-0.4, -0.2) is 20.7 Å². The van der Waals surface area contributed by atoms with Gasteiger partial charge in [-0.2, -0.15) is 0 Å². The molecule has 1 atom stereocenters. The Balaban J connectivity index is 1.54. The molecule has 2 heterocycles. The third-order valence-electron chi connectivity index (χ3n) is 5.06. The van der Waals surface area contributed by atoms with Gasteiger partial charge >= 0.3 is 0 Å². The number of hydrogen-bond donors (Lipinski definition) is 1. The Hall–Kier alpha value is -4.17. The van der Waals surface area contributed by atoms with Crippen LogP contribution < -0.4 is 5.32 Å². The first kappa shape index (κ1) is 21.7. The summed E-state index contributed by atoms with van der Waals surface area (Å²) in [6.45, 7) is 0. The number of carbonyl (C=O) groups is 1. The predicted molar refractivity (Wildman–Crippen MR) is 129 cm³/mol. The normalized spacial score (nSPS) is 11.8. The number of halogens is 1. The van der Waals surface area contributed by atoms with Crippen LogP contribution in [0.5, 0.6) is 0 Å². The molecule has 1 unspecified atom stereocenters. The van der Waals surface area contributed by atoms with Crippen LogP contribution in [0, 0.1) is 5.82 Å². The van der Waals surface area contributed by atoms with Crippen molar-refractivity contribution in [3.63, 3.8) is 0 Å². The largest absolute Gasteiger partial charge is 0.461 e. The van der Waals surface area contributed by atoms with Gasteiger partial charge in [0.25, 0.3) is 0 Å². The number of aromatic nitrogens is 3. The molecular formula is C26H19FN4O2S. The molecule has 0 saturated heterocycles. The zero-order chi connectivity index (χ0) is 23.3. The Kier molecular flexibility index (Phi) is 6.22. The van der Waals surface area contributed by atoms with Crippen LogP contribution >= 0.6 is 11.8 Å². The summed E-state index contributed by atoms with van der Waals surface area (Å²) in [5.41, 5.74) is 2.15. The minimum absolute atomic E-state index is 0.259. The summed E-state index contributed by atoms with van der Waals surface area (Å²) in [6.07, 6.45) is 1.58. The summed E-state index contributed by atoms with van der Waals surface area (Å²) >= 11 is 1.27. The molecule has 0 aliphatic rings. The van der Waals surface area contributed by atoms with Crippen LogP contribution in [0.15, 0.2) is 113 Å². The Labute approximate surface area is 199 Å². The van der Waals surface area contributed by atoms with Crippen molar-refractivity contribution in [3.8, 4) is 17.3 Å². The minimum atomic E-state index is -0.637. The molecule has 0 spiro atoms. The van der Waals surface area contributed by atoms with E-state index in [2.05, 4.69) is 15.5 Å². The maximum atomic E-state index is 13.4. The van der Waals surface area contributed by atoms with Crippen LogP contribution in [-0.2, 0) is 4.79 Å². The average Bonchev–Trinajstić information content (AvgIpc) is 3.55. The molecule has 0 bridgehead atoms. The zero-order valence-electron chi connectivity index (χ0n) is 17.8. The lowest BCUT2D eigenvalue weighted by molar-refractivity contribution is -0.115. The molecule has 0 fully saturated rings. The minimum Gasteiger partial charge on any atom is -0.461 e. The van der Waals surface area contributed by atoms with E-state index in [1.54, 1.807) is 12.3 Å². The number of carbonyl (C=O) groups excluding carboxylic acids is 1. The summed E-state index contributed by atoms with van der Waals surface area (Å²) in [5, 5.41) is 11.5. The van der Waals surface area contributed by atoms with Gasteiger partial charge in [0.05, 0.1) is 6.26 Å². The number of benzene rings is 3. The van der Waals surface area contributed by atoms with Crippen molar-refractivity contribution in [1.82, 2.24) is 14.8 Å². The van der Waals surface area contributed by atoms with E-state index in [1.165, 1.54) is 36.0 Å². The summed E-state index contributed by atoms with van der Waals surface area (Å²) in [5.74, 6) is 0.470. The lowest BCUT2D eigenvalue weighted by Crippen LogP contribution is -2.19. The van der Waals surface area contributed by atoms with E-state index >= 15 is 0 Å². The van der Waals surface area contributed by atoms with E-state index in [0.717, 1.165) is 11.3 Å². The van der Waals surface area contributed by atoms with Crippen LogP contribution in [0.2, 0.25) is 0 Å².